The van der Waals surface area contributed by atoms with Crippen LogP contribution in [0.4, 0.5) is 0 Å². The normalized spacial score (nSPS) is 12.1. The van der Waals surface area contributed by atoms with Crippen molar-refractivity contribution in [2.75, 3.05) is 14.2 Å². The van der Waals surface area contributed by atoms with Crippen LogP contribution in [0.5, 0.6) is 23.0 Å². The van der Waals surface area contributed by atoms with Crippen LogP contribution in [-0.2, 0) is 17.0 Å². The molecule has 0 aliphatic heterocycles. The molecule has 0 unspecified atom stereocenters. The summed E-state index contributed by atoms with van der Waals surface area (Å²) in [5.74, 6) is 1.96. The molecule has 0 heterocycles. The SMILES string of the molecule is COc1cc(O)ccc1CCC[Si](C)(C)O[Si](C)(C)CCCc1ccc(O)cc1OC. The first-order valence-corrected chi connectivity index (χ1v) is 17.2. The molecule has 0 atom stereocenters. The molecule has 0 amide bonds. The lowest BCUT2D eigenvalue weighted by Crippen LogP contribution is -2.44. The van der Waals surface area contributed by atoms with Crippen molar-refractivity contribution >= 4 is 16.6 Å². The summed E-state index contributed by atoms with van der Waals surface area (Å²) in [6.07, 6.45) is 3.95. The molecule has 0 aliphatic carbocycles. The van der Waals surface area contributed by atoms with Gasteiger partial charge in [-0.05, 0) is 87.2 Å². The van der Waals surface area contributed by atoms with Gasteiger partial charge in [0.25, 0.3) is 0 Å². The van der Waals surface area contributed by atoms with Gasteiger partial charge in [0, 0.05) is 12.1 Å². The smallest absolute Gasteiger partial charge is 0.173 e. The van der Waals surface area contributed by atoms with Crippen molar-refractivity contribution in [2.45, 2.75) is 64.0 Å². The fourth-order valence-electron chi connectivity index (χ4n) is 4.14. The van der Waals surface area contributed by atoms with Crippen LogP contribution in [-0.4, -0.2) is 41.1 Å². The van der Waals surface area contributed by atoms with Crippen molar-refractivity contribution in [1.29, 1.82) is 0 Å². The lowest BCUT2D eigenvalue weighted by atomic mass is 10.1. The summed E-state index contributed by atoms with van der Waals surface area (Å²) >= 11 is 0. The van der Waals surface area contributed by atoms with Crippen LogP contribution in [0.25, 0.3) is 0 Å². The molecule has 172 valence electrons. The Balaban J connectivity index is 1.84. The Morgan fingerprint density at radius 1 is 0.677 bits per heavy atom. The highest BCUT2D eigenvalue weighted by Crippen LogP contribution is 2.30. The van der Waals surface area contributed by atoms with E-state index in [-0.39, 0.29) is 11.5 Å². The average molecular weight is 463 g/mol. The lowest BCUT2D eigenvalue weighted by molar-refractivity contribution is 0.402. The van der Waals surface area contributed by atoms with Gasteiger partial charge in [-0.2, -0.15) is 0 Å². The topological polar surface area (TPSA) is 68.2 Å². The predicted molar refractivity (Wildman–Crippen MR) is 132 cm³/mol. The second-order valence-corrected chi connectivity index (χ2v) is 18.2. The molecule has 0 spiro atoms. The van der Waals surface area contributed by atoms with Crippen LogP contribution in [0.1, 0.15) is 24.0 Å². The largest absolute Gasteiger partial charge is 0.508 e. The molecule has 0 saturated heterocycles. The summed E-state index contributed by atoms with van der Waals surface area (Å²) in [5.41, 5.74) is 2.26. The van der Waals surface area contributed by atoms with Gasteiger partial charge >= 0.3 is 0 Å². The average Bonchev–Trinajstić information content (AvgIpc) is 2.68. The van der Waals surface area contributed by atoms with Gasteiger partial charge in [-0.1, -0.05) is 12.1 Å². The fourth-order valence-corrected chi connectivity index (χ4v) is 13.0. The van der Waals surface area contributed by atoms with Crippen molar-refractivity contribution in [2.24, 2.45) is 0 Å². The van der Waals surface area contributed by atoms with Crippen molar-refractivity contribution in [3.8, 4) is 23.0 Å². The van der Waals surface area contributed by atoms with Gasteiger partial charge in [-0.25, -0.2) is 0 Å². The summed E-state index contributed by atoms with van der Waals surface area (Å²) in [6.45, 7) is 9.27. The first kappa shape index (κ1) is 25.3. The Kier molecular flexibility index (Phi) is 9.03. The van der Waals surface area contributed by atoms with E-state index in [1.54, 1.807) is 38.5 Å². The first-order chi connectivity index (χ1) is 14.5. The zero-order valence-corrected chi connectivity index (χ0v) is 21.8. The molecule has 0 aliphatic rings. The maximum atomic E-state index is 9.63. The van der Waals surface area contributed by atoms with E-state index < -0.39 is 16.6 Å². The van der Waals surface area contributed by atoms with Gasteiger partial charge in [0.15, 0.2) is 16.6 Å². The van der Waals surface area contributed by atoms with Gasteiger partial charge in [0.2, 0.25) is 0 Å². The second kappa shape index (κ2) is 11.1. The van der Waals surface area contributed by atoms with Crippen molar-refractivity contribution in [3.63, 3.8) is 0 Å². The summed E-state index contributed by atoms with van der Waals surface area (Å²) < 4.78 is 17.6. The zero-order valence-electron chi connectivity index (χ0n) is 19.8. The maximum Gasteiger partial charge on any atom is 0.173 e. The number of ether oxygens (including phenoxy) is 2. The molecule has 0 radical (unpaired) electrons. The summed E-state index contributed by atoms with van der Waals surface area (Å²) in [7, 11) is -0.262. The molecule has 0 aromatic heterocycles. The highest BCUT2D eigenvalue weighted by molar-refractivity contribution is 6.84. The van der Waals surface area contributed by atoms with E-state index in [1.807, 2.05) is 12.1 Å². The molecule has 0 fully saturated rings. The summed E-state index contributed by atoms with van der Waals surface area (Å²) in [4.78, 5) is 0. The molecular formula is C24H38O5Si2. The van der Waals surface area contributed by atoms with E-state index in [1.165, 1.54) is 0 Å². The van der Waals surface area contributed by atoms with Crippen LogP contribution < -0.4 is 9.47 Å². The molecule has 0 bridgehead atoms. The number of phenolic OH excluding ortho intramolecular Hbond substituents is 2. The number of aromatic hydroxyl groups is 2. The maximum absolute atomic E-state index is 9.63. The Labute approximate surface area is 189 Å². The quantitative estimate of drug-likeness (QED) is 0.373. The van der Waals surface area contributed by atoms with Crippen LogP contribution in [0.2, 0.25) is 38.3 Å². The summed E-state index contributed by atoms with van der Waals surface area (Å²) in [6, 6.07) is 12.9. The van der Waals surface area contributed by atoms with Gasteiger partial charge in [0.1, 0.15) is 23.0 Å². The van der Waals surface area contributed by atoms with Crippen LogP contribution >= 0.6 is 0 Å². The first-order valence-electron chi connectivity index (χ1n) is 11.0. The molecule has 31 heavy (non-hydrogen) atoms. The highest BCUT2D eigenvalue weighted by atomic mass is 28.4. The second-order valence-electron chi connectivity index (χ2n) is 9.32. The minimum atomic E-state index is -1.77. The third-order valence-corrected chi connectivity index (χ3v) is 13.1. The minimum Gasteiger partial charge on any atom is -0.508 e. The van der Waals surface area contributed by atoms with Crippen molar-refractivity contribution < 1.29 is 23.8 Å². The number of aryl methyl sites for hydroxylation is 2. The van der Waals surface area contributed by atoms with Crippen molar-refractivity contribution in [1.82, 2.24) is 0 Å². The number of phenols is 2. The van der Waals surface area contributed by atoms with E-state index in [4.69, 9.17) is 13.6 Å². The van der Waals surface area contributed by atoms with E-state index >= 15 is 0 Å². The third kappa shape index (κ3) is 8.23. The fraction of sp³-hybridized carbons (Fsp3) is 0.500. The molecule has 2 aromatic carbocycles. The molecule has 2 N–H and O–H groups in total. The van der Waals surface area contributed by atoms with Crippen LogP contribution in [0.15, 0.2) is 36.4 Å². The molecular weight excluding hydrogens is 424 g/mol. The Hall–Kier alpha value is -1.97. The van der Waals surface area contributed by atoms with Gasteiger partial charge in [0.05, 0.1) is 14.2 Å². The van der Waals surface area contributed by atoms with E-state index in [2.05, 4.69) is 26.2 Å². The Morgan fingerprint density at radius 2 is 1.06 bits per heavy atom. The molecule has 2 rings (SSSR count). The Morgan fingerprint density at radius 3 is 1.42 bits per heavy atom. The van der Waals surface area contributed by atoms with Gasteiger partial charge < -0.3 is 23.8 Å². The van der Waals surface area contributed by atoms with Crippen molar-refractivity contribution in [3.05, 3.63) is 47.5 Å². The Bertz CT molecular complexity index is 782. The number of benzene rings is 2. The van der Waals surface area contributed by atoms with Crippen LogP contribution in [0, 0.1) is 0 Å². The van der Waals surface area contributed by atoms with E-state index in [9.17, 15) is 10.2 Å². The van der Waals surface area contributed by atoms with Crippen LogP contribution in [0.3, 0.4) is 0 Å². The number of hydrogen-bond acceptors (Lipinski definition) is 5. The molecule has 7 heteroatoms. The van der Waals surface area contributed by atoms with E-state index in [0.717, 1.165) is 60.4 Å². The van der Waals surface area contributed by atoms with Gasteiger partial charge in [-0.15, -0.1) is 0 Å². The highest BCUT2D eigenvalue weighted by Gasteiger charge is 2.32. The lowest BCUT2D eigenvalue weighted by Gasteiger charge is -2.34. The number of rotatable bonds is 12. The summed E-state index contributed by atoms with van der Waals surface area (Å²) in [5, 5.41) is 19.3. The standard InChI is InChI=1S/C24H38O5Si2/c1-27-23-17-21(25)13-11-19(23)9-7-15-30(3,4)29-31(5,6)16-8-10-20-12-14-22(26)18-24(20)28-2/h11-14,17-18,25-26H,7-10,15-16H2,1-6H3. The monoisotopic (exact) mass is 462 g/mol. The molecule has 0 saturated carbocycles. The molecule has 5 nitrogen and oxygen atoms in total. The van der Waals surface area contributed by atoms with E-state index in [0.29, 0.717) is 0 Å². The third-order valence-electron chi connectivity index (χ3n) is 5.54. The zero-order chi connectivity index (χ0) is 23.1. The van der Waals surface area contributed by atoms with Gasteiger partial charge in [-0.3, -0.25) is 0 Å². The minimum absolute atomic E-state index is 0.233. The molecule has 2 aromatic rings. The predicted octanol–water partition coefficient (Wildman–Crippen LogP) is 6.11. The number of methoxy groups -OCH3 is 2. The number of hydrogen-bond donors (Lipinski definition) is 2.